The van der Waals surface area contributed by atoms with Crippen LogP contribution in [0.2, 0.25) is 0 Å². The van der Waals surface area contributed by atoms with Gasteiger partial charge in [-0.3, -0.25) is 4.90 Å². The van der Waals surface area contributed by atoms with Crippen LogP contribution in [0, 0.1) is 5.82 Å². The Bertz CT molecular complexity index is 703. The number of amides is 2. The highest BCUT2D eigenvalue weighted by atomic mass is 19.1. The second-order valence-electron chi connectivity index (χ2n) is 6.40. The molecule has 0 aromatic heterocycles. The number of rotatable bonds is 5. The normalized spacial score (nSPS) is 17.3. The smallest absolute Gasteiger partial charge is 0.319 e. The van der Waals surface area contributed by atoms with E-state index >= 15 is 0 Å². The van der Waals surface area contributed by atoms with Crippen molar-refractivity contribution < 1.29 is 13.9 Å². The summed E-state index contributed by atoms with van der Waals surface area (Å²) < 4.78 is 18.5. The molecule has 0 aliphatic carbocycles. The highest BCUT2D eigenvalue weighted by Gasteiger charge is 2.28. The van der Waals surface area contributed by atoms with Crippen LogP contribution in [0.25, 0.3) is 0 Å². The predicted molar refractivity (Wildman–Crippen MR) is 99.6 cm³/mol. The Morgan fingerprint density at radius 3 is 2.38 bits per heavy atom. The van der Waals surface area contributed by atoms with E-state index in [2.05, 4.69) is 27.7 Å². The number of morpholine rings is 1. The van der Waals surface area contributed by atoms with Gasteiger partial charge in [0.25, 0.3) is 0 Å². The topological polar surface area (TPSA) is 53.6 Å². The molecule has 0 spiro atoms. The molecule has 1 heterocycles. The van der Waals surface area contributed by atoms with Crippen molar-refractivity contribution in [2.45, 2.75) is 19.0 Å². The second kappa shape index (κ2) is 8.78. The van der Waals surface area contributed by atoms with Gasteiger partial charge in [0.15, 0.2) is 0 Å². The minimum absolute atomic E-state index is 0.0547. The summed E-state index contributed by atoms with van der Waals surface area (Å²) in [5.74, 6) is -0.333. The van der Waals surface area contributed by atoms with Gasteiger partial charge < -0.3 is 15.4 Å². The molecule has 2 aromatic carbocycles. The zero-order valence-electron chi connectivity index (χ0n) is 14.8. The van der Waals surface area contributed by atoms with Crippen LogP contribution in [0.1, 0.15) is 18.5 Å². The minimum Gasteiger partial charge on any atom is -0.379 e. The van der Waals surface area contributed by atoms with Crippen molar-refractivity contribution >= 4 is 11.7 Å². The lowest BCUT2D eigenvalue weighted by molar-refractivity contribution is 0.00974. The van der Waals surface area contributed by atoms with Crippen LogP contribution >= 0.6 is 0 Å². The van der Waals surface area contributed by atoms with E-state index in [9.17, 15) is 9.18 Å². The monoisotopic (exact) mass is 357 g/mol. The molecule has 2 aromatic rings. The average Bonchev–Trinajstić information content (AvgIpc) is 2.65. The number of nitrogens with one attached hydrogen (secondary N) is 2. The maximum Gasteiger partial charge on any atom is 0.319 e. The van der Waals surface area contributed by atoms with E-state index in [4.69, 9.17) is 4.74 Å². The van der Waals surface area contributed by atoms with Crippen LogP contribution in [-0.4, -0.2) is 43.3 Å². The van der Waals surface area contributed by atoms with Gasteiger partial charge in [0.1, 0.15) is 5.82 Å². The van der Waals surface area contributed by atoms with E-state index in [1.807, 2.05) is 25.1 Å². The molecule has 2 atom stereocenters. The van der Waals surface area contributed by atoms with Gasteiger partial charge in [-0.25, -0.2) is 9.18 Å². The van der Waals surface area contributed by atoms with Crippen LogP contribution < -0.4 is 10.6 Å². The number of hydrogen-bond donors (Lipinski definition) is 2. The quantitative estimate of drug-likeness (QED) is 0.862. The summed E-state index contributed by atoms with van der Waals surface area (Å²) in [6.45, 7) is 5.03. The Morgan fingerprint density at radius 2 is 1.73 bits per heavy atom. The number of hydrogen-bond acceptors (Lipinski definition) is 3. The van der Waals surface area contributed by atoms with E-state index in [0.29, 0.717) is 18.9 Å². The maximum atomic E-state index is 13.0. The van der Waals surface area contributed by atoms with Gasteiger partial charge >= 0.3 is 6.03 Å². The van der Waals surface area contributed by atoms with Crippen molar-refractivity contribution in [2.24, 2.45) is 0 Å². The first-order valence-electron chi connectivity index (χ1n) is 8.83. The number of halogens is 1. The summed E-state index contributed by atoms with van der Waals surface area (Å²) in [5, 5.41) is 5.76. The van der Waals surface area contributed by atoms with Crippen LogP contribution in [0.4, 0.5) is 14.9 Å². The molecule has 1 saturated heterocycles. The molecule has 0 unspecified atom stereocenters. The lowest BCUT2D eigenvalue weighted by Gasteiger charge is -2.38. The van der Waals surface area contributed by atoms with Crippen molar-refractivity contribution in [3.8, 4) is 0 Å². The van der Waals surface area contributed by atoms with Crippen molar-refractivity contribution in [3.05, 3.63) is 66.0 Å². The van der Waals surface area contributed by atoms with Gasteiger partial charge in [0.2, 0.25) is 0 Å². The van der Waals surface area contributed by atoms with E-state index in [1.165, 1.54) is 24.3 Å². The highest BCUT2D eigenvalue weighted by molar-refractivity contribution is 5.89. The molecule has 138 valence electrons. The van der Waals surface area contributed by atoms with Crippen LogP contribution in [0.15, 0.2) is 54.6 Å². The molecule has 6 heteroatoms. The molecule has 1 aliphatic heterocycles. The fourth-order valence-electron chi connectivity index (χ4n) is 3.31. The Morgan fingerprint density at radius 1 is 1.08 bits per heavy atom. The molecule has 3 rings (SSSR count). The Labute approximate surface area is 153 Å². The third-order valence-electron chi connectivity index (χ3n) is 4.51. The lowest BCUT2D eigenvalue weighted by Crippen LogP contribution is -2.49. The molecule has 2 N–H and O–H groups in total. The average molecular weight is 357 g/mol. The van der Waals surface area contributed by atoms with Gasteiger partial charge in [-0.15, -0.1) is 0 Å². The van der Waals surface area contributed by atoms with Gasteiger partial charge in [-0.1, -0.05) is 30.3 Å². The van der Waals surface area contributed by atoms with Crippen LogP contribution in [-0.2, 0) is 4.74 Å². The number of nitrogens with zero attached hydrogens (tertiary/aromatic N) is 1. The summed E-state index contributed by atoms with van der Waals surface area (Å²) in [6, 6.07) is 15.5. The number of benzene rings is 2. The molecule has 1 fully saturated rings. The molecule has 0 radical (unpaired) electrons. The summed E-state index contributed by atoms with van der Waals surface area (Å²) in [6.07, 6.45) is 0. The molecule has 26 heavy (non-hydrogen) atoms. The van der Waals surface area contributed by atoms with Crippen molar-refractivity contribution in [1.29, 1.82) is 0 Å². The first-order valence-corrected chi connectivity index (χ1v) is 8.83. The number of carbonyl (C=O) groups excluding carboxylic acids is 1. The van der Waals surface area contributed by atoms with Crippen molar-refractivity contribution in [3.63, 3.8) is 0 Å². The first-order chi connectivity index (χ1) is 12.6. The van der Waals surface area contributed by atoms with Crippen molar-refractivity contribution in [2.75, 3.05) is 31.6 Å². The lowest BCUT2D eigenvalue weighted by atomic mass is 9.98. The Hall–Kier alpha value is -2.44. The zero-order valence-corrected chi connectivity index (χ0v) is 14.8. The summed E-state index contributed by atoms with van der Waals surface area (Å²) in [5.41, 5.74) is 1.71. The molecular formula is C20H24FN3O2. The number of carbonyl (C=O) groups is 1. The number of urea groups is 1. The standard InChI is InChI=1S/C20H24FN3O2/c1-15(22-20(25)23-18-9-7-17(21)8-10-18)19(16-5-3-2-4-6-16)24-11-13-26-14-12-24/h2-10,15,19H,11-14H2,1H3,(H2,22,23,25)/t15-,19+/m1/s1. The van der Waals surface area contributed by atoms with Crippen LogP contribution in [0.5, 0.6) is 0 Å². The Kier molecular flexibility index (Phi) is 6.20. The molecule has 0 bridgehead atoms. The predicted octanol–water partition coefficient (Wildman–Crippen LogP) is 3.41. The summed E-state index contributed by atoms with van der Waals surface area (Å²) in [4.78, 5) is 14.7. The van der Waals surface area contributed by atoms with Gasteiger partial charge in [0, 0.05) is 24.8 Å². The third kappa shape index (κ3) is 4.80. The summed E-state index contributed by atoms with van der Waals surface area (Å²) >= 11 is 0. The number of anilines is 1. The second-order valence-corrected chi connectivity index (χ2v) is 6.40. The molecule has 5 nitrogen and oxygen atoms in total. The van der Waals surface area contributed by atoms with Gasteiger partial charge in [0.05, 0.1) is 19.3 Å². The minimum atomic E-state index is -0.333. The third-order valence-corrected chi connectivity index (χ3v) is 4.51. The fraction of sp³-hybridized carbons (Fsp3) is 0.350. The van der Waals surface area contributed by atoms with Crippen molar-refractivity contribution in [1.82, 2.24) is 10.2 Å². The maximum absolute atomic E-state index is 13.0. The molecule has 1 aliphatic rings. The van der Waals surface area contributed by atoms with E-state index in [-0.39, 0.29) is 23.9 Å². The largest absolute Gasteiger partial charge is 0.379 e. The fourth-order valence-corrected chi connectivity index (χ4v) is 3.31. The zero-order chi connectivity index (χ0) is 18.4. The van der Waals surface area contributed by atoms with E-state index < -0.39 is 0 Å². The molecular weight excluding hydrogens is 333 g/mol. The summed E-state index contributed by atoms with van der Waals surface area (Å²) in [7, 11) is 0. The Balaban J connectivity index is 1.69. The molecule has 0 saturated carbocycles. The van der Waals surface area contributed by atoms with Gasteiger partial charge in [-0.05, 0) is 36.8 Å². The van der Waals surface area contributed by atoms with E-state index in [0.717, 1.165) is 18.7 Å². The van der Waals surface area contributed by atoms with Crippen LogP contribution in [0.3, 0.4) is 0 Å². The molecule has 2 amide bonds. The van der Waals surface area contributed by atoms with Gasteiger partial charge in [-0.2, -0.15) is 0 Å². The first kappa shape index (κ1) is 18.4. The SMILES string of the molecule is C[C@@H](NC(=O)Nc1ccc(F)cc1)[C@@H](c1ccccc1)N1CCOCC1. The highest BCUT2D eigenvalue weighted by Crippen LogP contribution is 2.25. The number of ether oxygens (including phenoxy) is 1. The van der Waals surface area contributed by atoms with E-state index in [1.54, 1.807) is 0 Å².